The van der Waals surface area contributed by atoms with Crippen LogP contribution in [0.5, 0.6) is 0 Å². The molecule has 0 radical (unpaired) electrons. The molecular weight excluding hydrogens is 268 g/mol. The van der Waals surface area contributed by atoms with Gasteiger partial charge in [0.1, 0.15) is 0 Å². The zero-order chi connectivity index (χ0) is 14.4. The molecule has 0 amide bonds. The van der Waals surface area contributed by atoms with Gasteiger partial charge in [-0.2, -0.15) is 0 Å². The molecule has 0 bridgehead atoms. The zero-order valence-electron chi connectivity index (χ0n) is 12.5. The van der Waals surface area contributed by atoms with Crippen molar-refractivity contribution < 1.29 is 0 Å². The molecule has 2 N–H and O–H groups in total. The largest absolute Gasteiger partial charge is 0.354 e. The first-order valence-corrected chi connectivity index (χ1v) is 7.90. The van der Waals surface area contributed by atoms with E-state index in [1.807, 2.05) is 7.05 Å². The van der Waals surface area contributed by atoms with Crippen LogP contribution in [0.2, 0.25) is 0 Å². The summed E-state index contributed by atoms with van der Waals surface area (Å²) in [6.45, 7) is 0.854. The van der Waals surface area contributed by atoms with Crippen LogP contribution >= 0.6 is 11.3 Å². The van der Waals surface area contributed by atoms with Crippen molar-refractivity contribution in [2.24, 2.45) is 4.99 Å². The van der Waals surface area contributed by atoms with E-state index in [0.29, 0.717) is 12.1 Å². The number of hydrogen-bond donors (Lipinski definition) is 2. The van der Waals surface area contributed by atoms with Crippen LogP contribution in [0, 0.1) is 0 Å². The second kappa shape index (κ2) is 7.45. The Hall–Kier alpha value is -1.33. The van der Waals surface area contributed by atoms with Crippen LogP contribution in [-0.4, -0.2) is 44.6 Å². The molecule has 110 valence electrons. The van der Waals surface area contributed by atoms with Gasteiger partial charge in [0.25, 0.3) is 0 Å². The highest BCUT2D eigenvalue weighted by Gasteiger charge is 2.17. The van der Waals surface area contributed by atoms with E-state index < -0.39 is 0 Å². The van der Waals surface area contributed by atoms with Gasteiger partial charge < -0.3 is 15.5 Å². The Kier molecular flexibility index (Phi) is 5.61. The summed E-state index contributed by atoms with van der Waals surface area (Å²) in [6, 6.07) is 5.15. The van der Waals surface area contributed by atoms with Crippen LogP contribution in [-0.2, 0) is 0 Å². The smallest absolute Gasteiger partial charge is 0.191 e. The monoisotopic (exact) mass is 292 g/mol. The van der Waals surface area contributed by atoms with Crippen LogP contribution in [0.15, 0.2) is 34.7 Å². The predicted octanol–water partition coefficient (Wildman–Crippen LogP) is 2.23. The Bertz CT molecular complexity index is 442. The van der Waals surface area contributed by atoms with Crippen molar-refractivity contribution in [1.29, 1.82) is 0 Å². The van der Waals surface area contributed by atoms with Crippen molar-refractivity contribution in [2.75, 3.05) is 27.7 Å². The molecule has 1 aromatic heterocycles. The number of nitrogens with one attached hydrogen (secondary N) is 2. The fraction of sp³-hybridized carbons (Fsp3) is 0.533. The fourth-order valence-corrected chi connectivity index (χ4v) is 3.26. The van der Waals surface area contributed by atoms with Crippen molar-refractivity contribution in [3.05, 3.63) is 34.5 Å². The van der Waals surface area contributed by atoms with Crippen LogP contribution < -0.4 is 10.6 Å². The second-order valence-electron chi connectivity index (χ2n) is 5.23. The molecule has 0 fully saturated rings. The minimum absolute atomic E-state index is 0.371. The van der Waals surface area contributed by atoms with E-state index in [-0.39, 0.29) is 0 Å². The summed E-state index contributed by atoms with van der Waals surface area (Å²) in [5.74, 6) is 0.891. The van der Waals surface area contributed by atoms with Gasteiger partial charge in [-0.15, -0.1) is 11.3 Å². The van der Waals surface area contributed by atoms with E-state index in [4.69, 9.17) is 0 Å². The topological polar surface area (TPSA) is 39.7 Å². The lowest BCUT2D eigenvalue weighted by molar-refractivity contribution is 0.302. The second-order valence-corrected chi connectivity index (χ2v) is 6.21. The van der Waals surface area contributed by atoms with Gasteiger partial charge in [-0.05, 0) is 38.4 Å². The highest BCUT2D eigenvalue weighted by Crippen LogP contribution is 2.22. The third-order valence-corrected chi connectivity index (χ3v) is 4.50. The average Bonchev–Trinajstić information content (AvgIpc) is 3.10. The molecule has 4 nitrogen and oxygen atoms in total. The normalized spacial score (nSPS) is 17.7. The lowest BCUT2D eigenvalue weighted by atomic mass is 10.2. The molecule has 0 aromatic carbocycles. The fourth-order valence-electron chi connectivity index (χ4n) is 2.33. The number of rotatable bonds is 5. The number of likely N-dealkylation sites (N-methyl/N-ethyl adjacent to an activating group) is 1. The first kappa shape index (κ1) is 15.1. The van der Waals surface area contributed by atoms with Gasteiger partial charge in [-0.1, -0.05) is 18.2 Å². The Balaban J connectivity index is 1.87. The van der Waals surface area contributed by atoms with E-state index >= 15 is 0 Å². The van der Waals surface area contributed by atoms with Crippen LogP contribution in [0.25, 0.3) is 0 Å². The number of thiophene rings is 1. The van der Waals surface area contributed by atoms with Crippen LogP contribution in [0.1, 0.15) is 23.8 Å². The number of nitrogens with zero attached hydrogens (tertiary/aromatic N) is 2. The molecule has 2 rings (SSSR count). The Morgan fingerprint density at radius 1 is 1.45 bits per heavy atom. The molecule has 1 aromatic rings. The molecule has 0 spiro atoms. The molecule has 1 atom stereocenters. The molecule has 5 heteroatoms. The van der Waals surface area contributed by atoms with Gasteiger partial charge in [0.05, 0.1) is 6.04 Å². The zero-order valence-corrected chi connectivity index (χ0v) is 13.3. The van der Waals surface area contributed by atoms with Crippen LogP contribution in [0.3, 0.4) is 0 Å². The Morgan fingerprint density at radius 3 is 2.75 bits per heavy atom. The van der Waals surface area contributed by atoms with Crippen molar-refractivity contribution in [3.8, 4) is 0 Å². The average molecular weight is 292 g/mol. The summed E-state index contributed by atoms with van der Waals surface area (Å²) in [4.78, 5) is 7.93. The number of hydrogen-bond acceptors (Lipinski definition) is 3. The summed E-state index contributed by atoms with van der Waals surface area (Å²) in [6.07, 6.45) is 6.61. The Morgan fingerprint density at radius 2 is 2.20 bits per heavy atom. The van der Waals surface area contributed by atoms with Crippen molar-refractivity contribution in [1.82, 2.24) is 15.5 Å². The minimum Gasteiger partial charge on any atom is -0.354 e. The van der Waals surface area contributed by atoms with Crippen LogP contribution in [0.4, 0.5) is 0 Å². The highest BCUT2D eigenvalue weighted by molar-refractivity contribution is 7.10. The van der Waals surface area contributed by atoms with Crippen molar-refractivity contribution in [3.63, 3.8) is 0 Å². The highest BCUT2D eigenvalue weighted by atomic mass is 32.1. The predicted molar refractivity (Wildman–Crippen MR) is 87.4 cm³/mol. The maximum Gasteiger partial charge on any atom is 0.191 e. The lowest BCUT2D eigenvalue weighted by Gasteiger charge is -2.25. The first-order chi connectivity index (χ1) is 9.70. The van der Waals surface area contributed by atoms with Gasteiger partial charge in [-0.25, -0.2) is 0 Å². The first-order valence-electron chi connectivity index (χ1n) is 7.02. The maximum absolute atomic E-state index is 4.32. The van der Waals surface area contributed by atoms with E-state index in [1.54, 1.807) is 11.3 Å². The molecule has 1 unspecified atom stereocenters. The third-order valence-electron chi connectivity index (χ3n) is 3.53. The lowest BCUT2D eigenvalue weighted by Crippen LogP contribution is -2.45. The summed E-state index contributed by atoms with van der Waals surface area (Å²) >= 11 is 1.80. The Labute approximate surface area is 125 Å². The molecule has 0 saturated heterocycles. The van der Waals surface area contributed by atoms with Gasteiger partial charge in [0.15, 0.2) is 5.96 Å². The molecule has 1 aliphatic rings. The minimum atomic E-state index is 0.371. The molecular formula is C15H24N4S. The third kappa shape index (κ3) is 4.08. The molecule has 20 heavy (non-hydrogen) atoms. The van der Waals surface area contributed by atoms with E-state index in [1.165, 1.54) is 4.88 Å². The van der Waals surface area contributed by atoms with Gasteiger partial charge in [0.2, 0.25) is 0 Å². The molecule has 1 heterocycles. The quantitative estimate of drug-likeness (QED) is 0.497. The van der Waals surface area contributed by atoms with Crippen molar-refractivity contribution >= 4 is 17.3 Å². The summed E-state index contributed by atoms with van der Waals surface area (Å²) in [7, 11) is 6.06. The van der Waals surface area contributed by atoms with E-state index in [2.05, 4.69) is 64.3 Å². The standard InChI is InChI=1S/C15H24N4S/c1-16-15(18-12-7-4-5-8-12)17-11-13(19(2)3)14-9-6-10-20-14/h4-6,9-10,12-13H,7-8,11H2,1-3H3,(H2,16,17,18). The molecule has 1 aliphatic carbocycles. The number of guanidine groups is 1. The van der Waals surface area contributed by atoms with E-state index in [0.717, 1.165) is 25.3 Å². The van der Waals surface area contributed by atoms with E-state index in [9.17, 15) is 0 Å². The molecule has 0 saturated carbocycles. The maximum atomic E-state index is 4.32. The summed E-state index contributed by atoms with van der Waals surface area (Å²) in [5, 5.41) is 9.04. The van der Waals surface area contributed by atoms with Gasteiger partial charge in [0, 0.05) is 24.5 Å². The van der Waals surface area contributed by atoms with Gasteiger partial charge >= 0.3 is 0 Å². The van der Waals surface area contributed by atoms with Gasteiger partial charge in [-0.3, -0.25) is 4.99 Å². The summed E-state index contributed by atoms with van der Waals surface area (Å²) in [5.41, 5.74) is 0. The SMILES string of the molecule is CN=C(NCC(c1cccs1)N(C)C)NC1CC=CC1. The summed E-state index contributed by atoms with van der Waals surface area (Å²) < 4.78 is 0. The van der Waals surface area contributed by atoms with Crippen molar-refractivity contribution in [2.45, 2.75) is 24.9 Å². The molecule has 0 aliphatic heterocycles. The number of aliphatic imine (C=N–C) groups is 1.